The van der Waals surface area contributed by atoms with E-state index in [0.717, 1.165) is 66.9 Å². The molecule has 0 radical (unpaired) electrons. The number of carboxylic acids is 1. The molecule has 0 spiro atoms. The molecular weight excluding hydrogens is 665 g/mol. The van der Waals surface area contributed by atoms with Gasteiger partial charge in [-0.25, -0.2) is 4.79 Å². The Bertz CT molecular complexity index is 1560. The second-order valence-electron chi connectivity index (χ2n) is 13.4. The van der Waals surface area contributed by atoms with E-state index in [2.05, 4.69) is 72.1 Å². The third-order valence-corrected chi connectivity index (χ3v) is 9.99. The second-order valence-corrected chi connectivity index (χ2v) is 14.2. The Morgan fingerprint density at radius 2 is 1.57 bits per heavy atom. The molecule has 0 fully saturated rings. The quantitative estimate of drug-likeness (QED) is 0.0715. The summed E-state index contributed by atoms with van der Waals surface area (Å²) in [5.74, 6) is -2.28. The van der Waals surface area contributed by atoms with Crippen LogP contribution in [0.3, 0.4) is 0 Å². The lowest BCUT2D eigenvalue weighted by atomic mass is 9.86. The second kappa shape index (κ2) is 20.0. The fourth-order valence-electron chi connectivity index (χ4n) is 6.15. The molecule has 10 nitrogen and oxygen atoms in total. The number of hydrogen-bond acceptors (Lipinski definition) is 8. The van der Waals surface area contributed by atoms with Gasteiger partial charge in [-0.15, -0.1) is 11.8 Å². The van der Waals surface area contributed by atoms with Crippen molar-refractivity contribution in [2.75, 3.05) is 31.4 Å². The topological polar surface area (TPSA) is 140 Å². The zero-order chi connectivity index (χ0) is 37.6. The Labute approximate surface area is 307 Å². The lowest BCUT2D eigenvalue weighted by Crippen LogP contribution is -2.51. The monoisotopic (exact) mass is 720 g/mol. The Morgan fingerprint density at radius 1 is 0.941 bits per heavy atom. The van der Waals surface area contributed by atoms with Crippen LogP contribution in [-0.2, 0) is 14.4 Å². The Balaban J connectivity index is 1.90. The number of aliphatic carboxylic acids is 1. The summed E-state index contributed by atoms with van der Waals surface area (Å²) >= 11 is 1.52. The highest BCUT2D eigenvalue weighted by atomic mass is 32.2. The van der Waals surface area contributed by atoms with E-state index in [1.165, 1.54) is 36.0 Å². The first-order valence-electron chi connectivity index (χ1n) is 17.8. The number of aryl methyl sites for hydroxylation is 1. The maximum Gasteiger partial charge on any atom is 0.326 e. The number of thioether (sulfide) groups is 1. The molecule has 2 atom stereocenters. The number of aromatic hydroxyl groups is 1. The van der Waals surface area contributed by atoms with Crippen LogP contribution < -0.4 is 25.6 Å². The summed E-state index contributed by atoms with van der Waals surface area (Å²) in [6.07, 6.45) is 8.59. The Kier molecular flexibility index (Phi) is 16.1. The molecule has 3 aromatic carbocycles. The number of carbonyl (C=O) groups is 3. The molecule has 0 aromatic heterocycles. The Hall–Kier alpha value is -4.22. The summed E-state index contributed by atoms with van der Waals surface area (Å²) in [5, 5.41) is 28.4. The molecule has 0 aliphatic heterocycles. The number of para-hydroxylation sites is 1. The van der Waals surface area contributed by atoms with Crippen molar-refractivity contribution in [3.63, 3.8) is 0 Å². The lowest BCUT2D eigenvalue weighted by molar-refractivity contribution is -0.143. The van der Waals surface area contributed by atoms with Crippen molar-refractivity contribution >= 4 is 40.9 Å². The zero-order valence-electron chi connectivity index (χ0n) is 31.1. The predicted octanol–water partition coefficient (Wildman–Crippen LogP) is 7.36. The fraction of sp³-hybridized carbons (Fsp3) is 0.475. The molecule has 51 heavy (non-hydrogen) atoms. The van der Waals surface area contributed by atoms with Crippen LogP contribution in [0.4, 0.5) is 11.4 Å². The normalized spacial score (nSPS) is 12.6. The van der Waals surface area contributed by atoms with Crippen LogP contribution in [0.15, 0.2) is 71.6 Å². The van der Waals surface area contributed by atoms with Gasteiger partial charge in [0.15, 0.2) is 6.61 Å². The minimum absolute atomic E-state index is 0.00836. The van der Waals surface area contributed by atoms with Crippen LogP contribution >= 0.6 is 11.8 Å². The van der Waals surface area contributed by atoms with Crippen molar-refractivity contribution in [2.24, 2.45) is 5.92 Å². The molecule has 0 saturated carbocycles. The van der Waals surface area contributed by atoms with E-state index >= 15 is 0 Å². The van der Waals surface area contributed by atoms with Gasteiger partial charge in [0.05, 0.1) is 4.90 Å². The summed E-state index contributed by atoms with van der Waals surface area (Å²) in [6.45, 7) is 10.3. The van der Waals surface area contributed by atoms with Crippen LogP contribution in [0.1, 0.15) is 83.4 Å². The van der Waals surface area contributed by atoms with Gasteiger partial charge in [0.25, 0.3) is 5.91 Å². The smallest absolute Gasteiger partial charge is 0.326 e. The van der Waals surface area contributed by atoms with E-state index in [1.54, 1.807) is 13.8 Å². The molecule has 0 heterocycles. The van der Waals surface area contributed by atoms with E-state index in [0.29, 0.717) is 11.3 Å². The van der Waals surface area contributed by atoms with Gasteiger partial charge in [0.2, 0.25) is 5.91 Å². The molecule has 11 heteroatoms. The first-order chi connectivity index (χ1) is 24.4. The van der Waals surface area contributed by atoms with Crippen LogP contribution in [-0.4, -0.2) is 66.0 Å². The number of phenolic OH excluding ortho intramolecular Hbond substituents is 1. The summed E-state index contributed by atoms with van der Waals surface area (Å²) in [5.41, 5.74) is 3.43. The van der Waals surface area contributed by atoms with Gasteiger partial charge in [-0.05, 0) is 86.5 Å². The average molecular weight is 721 g/mol. The number of ether oxygens (including phenoxy) is 1. The number of nitrogens with zero attached hydrogens (tertiary/aromatic N) is 1. The van der Waals surface area contributed by atoms with Crippen molar-refractivity contribution < 1.29 is 29.3 Å². The maximum atomic E-state index is 13.4. The van der Waals surface area contributed by atoms with E-state index in [9.17, 15) is 24.6 Å². The average Bonchev–Trinajstić information content (AvgIpc) is 3.12. The summed E-state index contributed by atoms with van der Waals surface area (Å²) < 4.78 is 6.10. The molecule has 0 aliphatic carbocycles. The predicted molar refractivity (Wildman–Crippen MR) is 206 cm³/mol. The molecule has 5 N–H and O–H groups in total. The van der Waals surface area contributed by atoms with E-state index in [4.69, 9.17) is 4.74 Å². The molecule has 2 amide bonds. The third-order valence-electron chi connectivity index (χ3n) is 9.23. The van der Waals surface area contributed by atoms with Gasteiger partial charge in [-0.1, -0.05) is 83.7 Å². The van der Waals surface area contributed by atoms with Gasteiger partial charge in [-0.3, -0.25) is 9.59 Å². The molecule has 0 aliphatic rings. The summed E-state index contributed by atoms with van der Waals surface area (Å²) in [7, 11) is 2.07. The highest BCUT2D eigenvalue weighted by molar-refractivity contribution is 7.98. The molecule has 0 unspecified atom stereocenters. The number of anilines is 2. The van der Waals surface area contributed by atoms with Gasteiger partial charge in [0, 0.05) is 23.5 Å². The maximum absolute atomic E-state index is 13.4. The number of amides is 2. The first kappa shape index (κ1) is 41.2. The van der Waals surface area contributed by atoms with Gasteiger partial charge < -0.3 is 35.8 Å². The number of carbonyl (C=O) groups excluding carboxylic acids is 2. The fourth-order valence-corrected chi connectivity index (χ4v) is 6.69. The molecule has 278 valence electrons. The number of nitrogens with one attached hydrogen (secondary N) is 3. The summed E-state index contributed by atoms with van der Waals surface area (Å²) in [4.78, 5) is 41.7. The molecular formula is C40H56N4O6S. The van der Waals surface area contributed by atoms with Crippen LogP contribution in [0, 0.1) is 12.8 Å². The highest BCUT2D eigenvalue weighted by Gasteiger charge is 2.32. The number of rotatable bonds is 21. The number of carboxylic acid groups (broad SMARTS) is 1. The van der Waals surface area contributed by atoms with Gasteiger partial charge in [0.1, 0.15) is 23.6 Å². The number of hydrogen-bond donors (Lipinski definition) is 5. The number of phenols is 1. The van der Waals surface area contributed by atoms with Crippen molar-refractivity contribution in [1.29, 1.82) is 0 Å². The molecule has 0 saturated heterocycles. The van der Waals surface area contributed by atoms with Gasteiger partial charge in [-0.2, -0.15) is 0 Å². The minimum atomic E-state index is -1.21. The van der Waals surface area contributed by atoms with Crippen molar-refractivity contribution in [3.05, 3.63) is 77.9 Å². The van der Waals surface area contributed by atoms with Crippen LogP contribution in [0.25, 0.3) is 0 Å². The minimum Gasteiger partial charge on any atom is -0.508 e. The third kappa shape index (κ3) is 11.7. The zero-order valence-corrected chi connectivity index (χ0v) is 31.9. The van der Waals surface area contributed by atoms with Crippen molar-refractivity contribution in [3.8, 4) is 11.5 Å². The molecule has 3 aromatic rings. The first-order valence-corrected chi connectivity index (χ1v) is 19.0. The van der Waals surface area contributed by atoms with Crippen molar-refractivity contribution in [1.82, 2.24) is 16.0 Å². The number of likely N-dealkylation sites (N-methyl/N-ethyl adjacent to an activating group) is 1. The summed E-state index contributed by atoms with van der Waals surface area (Å²) in [6, 6.07) is 17.9. The van der Waals surface area contributed by atoms with Crippen LogP contribution in [0.5, 0.6) is 11.5 Å². The van der Waals surface area contributed by atoms with Crippen molar-refractivity contribution in [2.45, 2.75) is 95.7 Å². The van der Waals surface area contributed by atoms with E-state index in [1.807, 2.05) is 25.3 Å². The number of unbranched alkanes of at least 4 members (excludes halogenated alkanes) is 2. The van der Waals surface area contributed by atoms with Gasteiger partial charge >= 0.3 is 5.97 Å². The Morgan fingerprint density at radius 3 is 2.10 bits per heavy atom. The lowest BCUT2D eigenvalue weighted by Gasteiger charge is -2.40. The molecule has 3 rings (SSSR count). The largest absolute Gasteiger partial charge is 0.508 e. The SMILES string of the molecule is CCCCC(CCCC)(CN(c1ccccc1)c1cc(SC)c(OCC(=O)N[C@@H](C(=O)N[C@H](C(=O)O)C(C)C)c2ccc(O)cc2)cc1C)NC. The standard InChI is InChI=1S/C40H56N4O6S/c1-8-10-21-40(41-6,22-11-9-2)26-44(30-15-13-12-14-16-30)32-24-34(51-7)33(23-28(32)5)50-25-35(46)42-37(29-17-19-31(45)20-18-29)38(47)43-36(27(3)4)39(48)49/h12-20,23-24,27,36-37,41,45H,8-11,21-22,25-26H2,1-7H3,(H,42,46)(H,43,47)(H,48,49)/t36-,37+/m0/s1. The highest BCUT2D eigenvalue weighted by Crippen LogP contribution is 2.39. The van der Waals surface area contributed by atoms with E-state index in [-0.39, 0.29) is 23.8 Å². The van der Waals surface area contributed by atoms with E-state index < -0.39 is 29.9 Å². The molecule has 0 bridgehead atoms. The number of benzene rings is 3. The van der Waals surface area contributed by atoms with Crippen LogP contribution in [0.2, 0.25) is 0 Å².